The maximum absolute atomic E-state index is 12.8. The number of hydrogen-bond acceptors (Lipinski definition) is 2. The van der Waals surface area contributed by atoms with Crippen LogP contribution < -0.4 is 5.32 Å². The van der Waals surface area contributed by atoms with Crippen LogP contribution in [-0.2, 0) is 9.59 Å². The summed E-state index contributed by atoms with van der Waals surface area (Å²) in [5.74, 6) is -2.14. The van der Waals surface area contributed by atoms with Crippen LogP contribution in [0.1, 0.15) is 6.42 Å². The lowest BCUT2D eigenvalue weighted by atomic mass is 9.82. The number of benzene rings is 2. The molecule has 0 heterocycles. The zero-order chi connectivity index (χ0) is 16.0. The highest BCUT2D eigenvalue weighted by Crippen LogP contribution is 2.48. The minimum atomic E-state index is -0.875. The van der Waals surface area contributed by atoms with Gasteiger partial charge in [-0.2, -0.15) is 0 Å². The normalized spacial score (nSPS) is 28.2. The average molecular weight is 307 g/mol. The fourth-order valence-corrected chi connectivity index (χ4v) is 4.07. The van der Waals surface area contributed by atoms with Gasteiger partial charge in [-0.1, -0.05) is 48.6 Å². The Morgan fingerprint density at radius 2 is 1.65 bits per heavy atom. The number of anilines is 1. The Balaban J connectivity index is 1.65. The molecule has 0 unspecified atom stereocenters. The van der Waals surface area contributed by atoms with Gasteiger partial charge in [0.05, 0.1) is 11.8 Å². The van der Waals surface area contributed by atoms with E-state index >= 15 is 0 Å². The zero-order valence-corrected chi connectivity index (χ0v) is 12.5. The smallest absolute Gasteiger partial charge is 0.307 e. The van der Waals surface area contributed by atoms with Gasteiger partial charge in [-0.15, -0.1) is 0 Å². The van der Waals surface area contributed by atoms with Crippen LogP contribution in [0.4, 0.5) is 5.69 Å². The van der Waals surface area contributed by atoms with Gasteiger partial charge >= 0.3 is 5.97 Å². The van der Waals surface area contributed by atoms with Gasteiger partial charge in [-0.05, 0) is 29.7 Å². The Kier molecular flexibility index (Phi) is 3.18. The first-order valence-corrected chi connectivity index (χ1v) is 7.85. The SMILES string of the molecule is O=C(Nc1cccc2ccccc12)[C@@H]1[C@@H](C(=O)O)[C@H]2C=C[C@@H]1C2. The summed E-state index contributed by atoms with van der Waals surface area (Å²) in [6.07, 6.45) is 4.72. The fraction of sp³-hybridized carbons (Fsp3) is 0.263. The van der Waals surface area contributed by atoms with Gasteiger partial charge in [0, 0.05) is 11.1 Å². The second-order valence-electron chi connectivity index (χ2n) is 6.35. The second-order valence-corrected chi connectivity index (χ2v) is 6.35. The number of nitrogens with one attached hydrogen (secondary N) is 1. The Labute approximate surface area is 133 Å². The van der Waals surface area contributed by atoms with Gasteiger partial charge in [0.2, 0.25) is 5.91 Å². The molecule has 2 aliphatic carbocycles. The molecule has 2 aliphatic rings. The van der Waals surface area contributed by atoms with Crippen molar-refractivity contribution >= 4 is 28.3 Å². The molecule has 23 heavy (non-hydrogen) atoms. The van der Waals surface area contributed by atoms with Gasteiger partial charge in [-0.3, -0.25) is 9.59 Å². The van der Waals surface area contributed by atoms with E-state index < -0.39 is 17.8 Å². The van der Waals surface area contributed by atoms with E-state index in [1.54, 1.807) is 0 Å². The summed E-state index contributed by atoms with van der Waals surface area (Å²) in [7, 11) is 0. The first-order valence-electron chi connectivity index (χ1n) is 7.85. The van der Waals surface area contributed by atoms with Gasteiger partial charge in [0.1, 0.15) is 0 Å². The molecule has 0 aliphatic heterocycles. The molecule has 1 saturated carbocycles. The molecule has 1 amide bonds. The van der Waals surface area contributed by atoms with Crippen molar-refractivity contribution in [1.29, 1.82) is 0 Å². The van der Waals surface area contributed by atoms with Gasteiger partial charge in [0.25, 0.3) is 0 Å². The Morgan fingerprint density at radius 3 is 2.43 bits per heavy atom. The number of aliphatic carboxylic acids is 1. The van der Waals surface area contributed by atoms with E-state index in [-0.39, 0.29) is 17.7 Å². The highest BCUT2D eigenvalue weighted by Gasteiger charge is 2.51. The first-order chi connectivity index (χ1) is 11.1. The summed E-state index contributed by atoms with van der Waals surface area (Å²) in [6.45, 7) is 0. The summed E-state index contributed by atoms with van der Waals surface area (Å²) in [5.41, 5.74) is 0.740. The van der Waals surface area contributed by atoms with Crippen molar-refractivity contribution in [3.8, 4) is 0 Å². The molecule has 2 N–H and O–H groups in total. The van der Waals surface area contributed by atoms with E-state index in [9.17, 15) is 14.7 Å². The van der Waals surface area contributed by atoms with Gasteiger partial charge in [-0.25, -0.2) is 0 Å². The number of hydrogen-bond donors (Lipinski definition) is 2. The number of carboxylic acid groups (broad SMARTS) is 1. The molecule has 4 atom stereocenters. The highest BCUT2D eigenvalue weighted by atomic mass is 16.4. The summed E-state index contributed by atoms with van der Waals surface area (Å²) in [5, 5.41) is 14.5. The monoisotopic (exact) mass is 307 g/mol. The fourth-order valence-electron chi connectivity index (χ4n) is 4.07. The molecule has 2 aromatic carbocycles. The Bertz CT molecular complexity index is 821. The molecule has 4 rings (SSSR count). The summed E-state index contributed by atoms with van der Waals surface area (Å²) in [6, 6.07) is 13.6. The molecule has 4 nitrogen and oxygen atoms in total. The molecular weight excluding hydrogens is 290 g/mol. The molecule has 0 saturated heterocycles. The average Bonchev–Trinajstić information content (AvgIpc) is 3.16. The molecular formula is C19H17NO3. The minimum Gasteiger partial charge on any atom is -0.481 e. The molecule has 1 fully saturated rings. The molecule has 4 heteroatoms. The number of amides is 1. The van der Waals surface area contributed by atoms with E-state index in [2.05, 4.69) is 5.32 Å². The lowest BCUT2D eigenvalue weighted by Gasteiger charge is -2.24. The molecule has 0 aromatic heterocycles. The molecule has 2 bridgehead atoms. The van der Waals surface area contributed by atoms with Gasteiger partial charge < -0.3 is 10.4 Å². The lowest BCUT2D eigenvalue weighted by molar-refractivity contribution is -0.146. The van der Waals surface area contributed by atoms with E-state index in [0.29, 0.717) is 0 Å². The summed E-state index contributed by atoms with van der Waals surface area (Å²) >= 11 is 0. The van der Waals surface area contributed by atoms with Crippen LogP contribution in [0.3, 0.4) is 0 Å². The Morgan fingerprint density at radius 1 is 0.957 bits per heavy atom. The van der Waals surface area contributed by atoms with Crippen LogP contribution in [-0.4, -0.2) is 17.0 Å². The Hall–Kier alpha value is -2.62. The van der Waals surface area contributed by atoms with Crippen LogP contribution in [0.25, 0.3) is 10.8 Å². The van der Waals surface area contributed by atoms with Crippen molar-refractivity contribution in [2.75, 3.05) is 5.32 Å². The zero-order valence-electron chi connectivity index (χ0n) is 12.5. The molecule has 0 radical (unpaired) electrons. The molecule has 116 valence electrons. The highest BCUT2D eigenvalue weighted by molar-refractivity contribution is 6.04. The van der Waals surface area contributed by atoms with E-state index in [4.69, 9.17) is 0 Å². The third-order valence-corrected chi connectivity index (χ3v) is 5.09. The number of allylic oxidation sites excluding steroid dienone is 2. The largest absolute Gasteiger partial charge is 0.481 e. The van der Waals surface area contributed by atoms with E-state index in [1.165, 1.54) is 0 Å². The van der Waals surface area contributed by atoms with Crippen molar-refractivity contribution in [1.82, 2.24) is 0 Å². The van der Waals surface area contributed by atoms with E-state index in [1.807, 2.05) is 54.6 Å². The predicted octanol–water partition coefficient (Wildman–Crippen LogP) is 3.30. The molecule has 2 aromatic rings. The van der Waals surface area contributed by atoms with Crippen molar-refractivity contribution in [2.24, 2.45) is 23.7 Å². The second kappa shape index (κ2) is 5.23. The lowest BCUT2D eigenvalue weighted by Crippen LogP contribution is -2.36. The maximum atomic E-state index is 12.8. The quantitative estimate of drug-likeness (QED) is 0.855. The van der Waals surface area contributed by atoms with Crippen molar-refractivity contribution < 1.29 is 14.7 Å². The van der Waals surface area contributed by atoms with Crippen LogP contribution in [0, 0.1) is 23.7 Å². The number of rotatable bonds is 3. The molecule has 0 spiro atoms. The topological polar surface area (TPSA) is 66.4 Å². The standard InChI is InChI=1S/C19H17NO3/c21-18(16-12-8-9-13(10-12)17(16)19(22)23)20-15-7-3-5-11-4-1-2-6-14(11)15/h1-9,12-13,16-17H,10H2,(H,20,21)(H,22,23)/t12-,13+,16+,17+/m1/s1. The predicted molar refractivity (Wildman–Crippen MR) is 87.9 cm³/mol. The van der Waals surface area contributed by atoms with Crippen molar-refractivity contribution in [2.45, 2.75) is 6.42 Å². The number of fused-ring (bicyclic) bond motifs is 3. The van der Waals surface area contributed by atoms with Crippen LogP contribution >= 0.6 is 0 Å². The number of carbonyl (C=O) groups is 2. The first kappa shape index (κ1) is 14.0. The van der Waals surface area contributed by atoms with Crippen molar-refractivity contribution in [3.63, 3.8) is 0 Å². The van der Waals surface area contributed by atoms with Crippen molar-refractivity contribution in [3.05, 3.63) is 54.6 Å². The van der Waals surface area contributed by atoms with Gasteiger partial charge in [0.15, 0.2) is 0 Å². The number of carbonyl (C=O) groups excluding carboxylic acids is 1. The van der Waals surface area contributed by atoms with Crippen LogP contribution in [0.5, 0.6) is 0 Å². The summed E-state index contributed by atoms with van der Waals surface area (Å²) < 4.78 is 0. The van der Waals surface area contributed by atoms with E-state index in [0.717, 1.165) is 22.9 Å². The minimum absolute atomic E-state index is 0.0132. The maximum Gasteiger partial charge on any atom is 0.307 e. The van der Waals surface area contributed by atoms with Crippen LogP contribution in [0.15, 0.2) is 54.6 Å². The summed E-state index contributed by atoms with van der Waals surface area (Å²) in [4.78, 5) is 24.3. The van der Waals surface area contributed by atoms with Crippen LogP contribution in [0.2, 0.25) is 0 Å². The number of carboxylic acids is 1. The third kappa shape index (κ3) is 2.22. The third-order valence-electron chi connectivity index (χ3n) is 5.09.